The van der Waals surface area contributed by atoms with Gasteiger partial charge in [-0.25, -0.2) is 9.37 Å². The van der Waals surface area contributed by atoms with Crippen LogP contribution in [0.15, 0.2) is 18.3 Å². The number of aromatic nitrogens is 1. The normalized spacial score (nSPS) is 11.7. The van der Waals surface area contributed by atoms with E-state index in [2.05, 4.69) is 10.3 Å². The quantitative estimate of drug-likeness (QED) is 0.814. The highest BCUT2D eigenvalue weighted by Gasteiger charge is 2.36. The van der Waals surface area contributed by atoms with Crippen LogP contribution < -0.4 is 5.32 Å². The maximum Gasteiger partial charge on any atom is 0.418 e. The standard InChI is InChI=1S/C12H9ClF4N2S/c1-6-8(14)2-3-9(10(6)12(15,16)17)18-4-7-5-19-11(13)20-7/h2-3,5,18H,4H2,1H3. The van der Waals surface area contributed by atoms with Crippen molar-refractivity contribution < 1.29 is 17.6 Å². The predicted octanol–water partition coefficient (Wildman–Crippen LogP) is 4.87. The molecule has 1 N–H and O–H groups in total. The maximum atomic E-state index is 13.3. The van der Waals surface area contributed by atoms with E-state index in [1.54, 1.807) is 0 Å². The van der Waals surface area contributed by atoms with Crippen LogP contribution in [0.4, 0.5) is 23.2 Å². The number of nitrogens with one attached hydrogen (secondary N) is 1. The minimum Gasteiger partial charge on any atom is -0.380 e. The molecule has 0 saturated heterocycles. The molecule has 1 aromatic carbocycles. The van der Waals surface area contributed by atoms with Gasteiger partial charge in [-0.3, -0.25) is 0 Å². The zero-order valence-electron chi connectivity index (χ0n) is 10.2. The monoisotopic (exact) mass is 324 g/mol. The second-order valence-corrected chi connectivity index (χ2v) is 5.72. The summed E-state index contributed by atoms with van der Waals surface area (Å²) in [5, 5.41) is 2.64. The van der Waals surface area contributed by atoms with E-state index in [1.807, 2.05) is 0 Å². The average Bonchev–Trinajstić information content (AvgIpc) is 2.75. The molecule has 108 valence electrons. The molecule has 0 aliphatic heterocycles. The van der Waals surface area contributed by atoms with Crippen molar-refractivity contribution in [3.63, 3.8) is 0 Å². The van der Waals surface area contributed by atoms with Crippen LogP contribution in [0, 0.1) is 12.7 Å². The van der Waals surface area contributed by atoms with Gasteiger partial charge in [-0.1, -0.05) is 11.6 Å². The fraction of sp³-hybridized carbons (Fsp3) is 0.250. The van der Waals surface area contributed by atoms with Crippen molar-refractivity contribution in [2.24, 2.45) is 0 Å². The summed E-state index contributed by atoms with van der Waals surface area (Å²) in [6.45, 7) is 1.24. The molecule has 0 aliphatic rings. The molecule has 0 bridgehead atoms. The fourth-order valence-electron chi connectivity index (χ4n) is 1.75. The third kappa shape index (κ3) is 3.21. The lowest BCUT2D eigenvalue weighted by Crippen LogP contribution is -2.13. The summed E-state index contributed by atoms with van der Waals surface area (Å²) >= 11 is 6.81. The number of hydrogen-bond acceptors (Lipinski definition) is 3. The first-order chi connectivity index (χ1) is 9.29. The molecule has 0 unspecified atom stereocenters. The summed E-state index contributed by atoms with van der Waals surface area (Å²) in [5.74, 6) is -0.885. The largest absolute Gasteiger partial charge is 0.418 e. The van der Waals surface area contributed by atoms with Gasteiger partial charge < -0.3 is 5.32 Å². The number of hydrogen-bond donors (Lipinski definition) is 1. The fourth-order valence-corrected chi connectivity index (χ4v) is 2.66. The minimum atomic E-state index is -4.63. The molecular formula is C12H9ClF4N2S. The lowest BCUT2D eigenvalue weighted by molar-refractivity contribution is -0.137. The number of halogens is 5. The van der Waals surface area contributed by atoms with Crippen molar-refractivity contribution >= 4 is 28.6 Å². The van der Waals surface area contributed by atoms with E-state index in [-0.39, 0.29) is 12.2 Å². The Morgan fingerprint density at radius 2 is 2.05 bits per heavy atom. The summed E-state index contributed by atoms with van der Waals surface area (Å²) in [7, 11) is 0. The van der Waals surface area contributed by atoms with Gasteiger partial charge >= 0.3 is 6.18 Å². The topological polar surface area (TPSA) is 24.9 Å². The molecule has 0 fully saturated rings. The van der Waals surface area contributed by atoms with Gasteiger partial charge in [-0.15, -0.1) is 11.3 Å². The average molecular weight is 325 g/mol. The van der Waals surface area contributed by atoms with Gasteiger partial charge in [-0.05, 0) is 24.6 Å². The van der Waals surface area contributed by atoms with Gasteiger partial charge in [-0.2, -0.15) is 13.2 Å². The lowest BCUT2D eigenvalue weighted by atomic mass is 10.1. The highest BCUT2D eigenvalue weighted by molar-refractivity contribution is 7.15. The molecule has 0 spiro atoms. The maximum absolute atomic E-state index is 13.3. The SMILES string of the molecule is Cc1c(F)ccc(NCc2cnc(Cl)s2)c1C(F)(F)F. The van der Waals surface area contributed by atoms with Crippen LogP contribution in [0.5, 0.6) is 0 Å². The second-order valence-electron chi connectivity index (χ2n) is 4.03. The molecule has 0 atom stereocenters. The van der Waals surface area contributed by atoms with Crippen molar-refractivity contribution in [3.05, 3.63) is 44.6 Å². The van der Waals surface area contributed by atoms with Gasteiger partial charge in [0.15, 0.2) is 4.47 Å². The van der Waals surface area contributed by atoms with Crippen molar-refractivity contribution in [1.29, 1.82) is 0 Å². The molecule has 20 heavy (non-hydrogen) atoms. The Hall–Kier alpha value is -1.34. The van der Waals surface area contributed by atoms with Crippen LogP contribution in [-0.2, 0) is 12.7 Å². The van der Waals surface area contributed by atoms with Crippen molar-refractivity contribution in [2.45, 2.75) is 19.6 Å². The number of anilines is 1. The summed E-state index contributed by atoms with van der Waals surface area (Å²) in [4.78, 5) is 4.48. The number of nitrogens with zero attached hydrogens (tertiary/aromatic N) is 1. The molecule has 2 nitrogen and oxygen atoms in total. The Morgan fingerprint density at radius 1 is 1.35 bits per heavy atom. The molecule has 0 saturated carbocycles. The number of rotatable bonds is 3. The Kier molecular flexibility index (Phi) is 4.19. The van der Waals surface area contributed by atoms with E-state index in [0.717, 1.165) is 30.4 Å². The van der Waals surface area contributed by atoms with Crippen LogP contribution in [0.1, 0.15) is 16.0 Å². The predicted molar refractivity (Wildman–Crippen MR) is 70.6 cm³/mol. The van der Waals surface area contributed by atoms with E-state index in [1.165, 1.54) is 6.20 Å². The Balaban J connectivity index is 2.30. The molecule has 1 aromatic heterocycles. The van der Waals surface area contributed by atoms with E-state index in [0.29, 0.717) is 9.34 Å². The van der Waals surface area contributed by atoms with Crippen molar-refractivity contribution in [2.75, 3.05) is 5.32 Å². The summed E-state index contributed by atoms with van der Waals surface area (Å²) < 4.78 is 52.6. The highest BCUT2D eigenvalue weighted by Crippen LogP contribution is 2.38. The zero-order chi connectivity index (χ0) is 14.9. The van der Waals surface area contributed by atoms with E-state index in [9.17, 15) is 17.6 Å². The zero-order valence-corrected chi connectivity index (χ0v) is 11.8. The van der Waals surface area contributed by atoms with Crippen LogP contribution in [-0.4, -0.2) is 4.98 Å². The molecule has 0 radical (unpaired) electrons. The lowest BCUT2D eigenvalue weighted by Gasteiger charge is -2.17. The van der Waals surface area contributed by atoms with Gasteiger partial charge in [0.1, 0.15) is 5.82 Å². The molecule has 2 aromatic rings. The van der Waals surface area contributed by atoms with Gasteiger partial charge in [0.05, 0.1) is 12.1 Å². The number of benzene rings is 1. The van der Waals surface area contributed by atoms with E-state index < -0.39 is 23.1 Å². The van der Waals surface area contributed by atoms with E-state index in [4.69, 9.17) is 11.6 Å². The van der Waals surface area contributed by atoms with Gasteiger partial charge in [0, 0.05) is 16.8 Å². The molecule has 8 heteroatoms. The van der Waals surface area contributed by atoms with E-state index >= 15 is 0 Å². The van der Waals surface area contributed by atoms with Crippen LogP contribution in [0.2, 0.25) is 4.47 Å². The molecule has 0 amide bonds. The Bertz CT molecular complexity index is 624. The van der Waals surface area contributed by atoms with Gasteiger partial charge in [0.25, 0.3) is 0 Å². The second kappa shape index (κ2) is 5.57. The summed E-state index contributed by atoms with van der Waals surface area (Å²) in [6, 6.07) is 2.08. The van der Waals surface area contributed by atoms with Crippen molar-refractivity contribution in [1.82, 2.24) is 4.98 Å². The first-order valence-electron chi connectivity index (χ1n) is 5.49. The Morgan fingerprint density at radius 3 is 2.60 bits per heavy atom. The molecule has 1 heterocycles. The van der Waals surface area contributed by atoms with Crippen LogP contribution in [0.25, 0.3) is 0 Å². The smallest absolute Gasteiger partial charge is 0.380 e. The Labute approximate surface area is 121 Å². The third-order valence-corrected chi connectivity index (χ3v) is 3.78. The van der Waals surface area contributed by atoms with Crippen molar-refractivity contribution in [3.8, 4) is 0 Å². The first kappa shape index (κ1) is 15.1. The molecule has 2 rings (SSSR count). The first-order valence-corrected chi connectivity index (χ1v) is 6.69. The minimum absolute atomic E-state index is 0.137. The third-order valence-electron chi connectivity index (χ3n) is 2.66. The number of thiazole rings is 1. The summed E-state index contributed by atoms with van der Waals surface area (Å²) in [6.07, 6.45) is -3.15. The van der Waals surface area contributed by atoms with Gasteiger partial charge in [0.2, 0.25) is 0 Å². The molecular weight excluding hydrogens is 316 g/mol. The summed E-state index contributed by atoms with van der Waals surface area (Å²) in [5.41, 5.74) is -1.58. The highest BCUT2D eigenvalue weighted by atomic mass is 35.5. The number of alkyl halides is 3. The molecule has 0 aliphatic carbocycles. The van der Waals surface area contributed by atoms with Crippen LogP contribution >= 0.6 is 22.9 Å². The van der Waals surface area contributed by atoms with Crippen LogP contribution in [0.3, 0.4) is 0 Å².